The highest BCUT2D eigenvalue weighted by atomic mass is 32.1. The Balaban J connectivity index is 1.55. The minimum atomic E-state index is -0.638. The van der Waals surface area contributed by atoms with Gasteiger partial charge in [0.2, 0.25) is 5.13 Å². The highest BCUT2D eigenvalue weighted by Crippen LogP contribution is 2.27. The molecule has 0 atom stereocenters. The summed E-state index contributed by atoms with van der Waals surface area (Å²) in [7, 11) is 0. The fourth-order valence-electron chi connectivity index (χ4n) is 2.72. The molecule has 0 saturated carbocycles. The van der Waals surface area contributed by atoms with E-state index in [1.54, 1.807) is 47.2 Å². The van der Waals surface area contributed by atoms with E-state index in [2.05, 4.69) is 15.5 Å². The molecule has 1 amide bonds. The monoisotopic (exact) mass is 432 g/mol. The van der Waals surface area contributed by atoms with Crippen LogP contribution in [0, 0.1) is 21.4 Å². The van der Waals surface area contributed by atoms with Crippen LogP contribution in [0.2, 0.25) is 0 Å². The number of nitrogens with one attached hydrogen (secondary N) is 1. The lowest BCUT2D eigenvalue weighted by Crippen LogP contribution is -2.13. The summed E-state index contributed by atoms with van der Waals surface area (Å²) in [6.45, 7) is 0. The number of nitriles is 1. The average Bonchev–Trinajstić information content (AvgIpc) is 3.53. The maximum Gasteiger partial charge on any atom is 0.269 e. The third-order valence-corrected chi connectivity index (χ3v) is 5.01. The molecule has 3 aromatic heterocycles. The van der Waals surface area contributed by atoms with Crippen LogP contribution in [0.4, 0.5) is 10.8 Å². The third kappa shape index (κ3) is 4.24. The fourth-order valence-corrected chi connectivity index (χ4v) is 3.42. The van der Waals surface area contributed by atoms with Crippen molar-refractivity contribution >= 4 is 34.1 Å². The van der Waals surface area contributed by atoms with Gasteiger partial charge in [0.25, 0.3) is 11.6 Å². The molecule has 10 nitrogen and oxygen atoms in total. The molecule has 0 aliphatic rings. The number of aromatic nitrogens is 3. The number of nitro benzene ring substituents is 1. The van der Waals surface area contributed by atoms with Crippen molar-refractivity contribution in [3.63, 3.8) is 0 Å². The second-order valence-corrected chi connectivity index (χ2v) is 7.07. The average molecular weight is 432 g/mol. The first-order valence-electron chi connectivity index (χ1n) is 8.78. The Morgan fingerprint density at radius 2 is 2.03 bits per heavy atom. The molecule has 0 aliphatic carbocycles. The summed E-state index contributed by atoms with van der Waals surface area (Å²) in [5, 5.41) is 31.4. The van der Waals surface area contributed by atoms with Crippen LogP contribution < -0.4 is 5.32 Å². The number of furan rings is 1. The summed E-state index contributed by atoms with van der Waals surface area (Å²) in [4.78, 5) is 22.9. The third-order valence-electron chi connectivity index (χ3n) is 4.15. The number of carbonyl (C=O) groups excluding carboxylic acids is 1. The van der Waals surface area contributed by atoms with Gasteiger partial charge in [-0.1, -0.05) is 11.3 Å². The van der Waals surface area contributed by atoms with E-state index in [1.807, 2.05) is 6.07 Å². The first-order valence-corrected chi connectivity index (χ1v) is 9.59. The molecule has 0 bridgehead atoms. The van der Waals surface area contributed by atoms with Crippen molar-refractivity contribution in [1.29, 1.82) is 5.26 Å². The number of rotatable bonds is 6. The number of hydrogen-bond acceptors (Lipinski definition) is 8. The van der Waals surface area contributed by atoms with Gasteiger partial charge in [0.05, 0.1) is 11.2 Å². The fraction of sp³-hybridized carbons (Fsp3) is 0. The van der Waals surface area contributed by atoms with E-state index >= 15 is 0 Å². The maximum absolute atomic E-state index is 12.6. The lowest BCUT2D eigenvalue weighted by atomic mass is 10.2. The van der Waals surface area contributed by atoms with Crippen LogP contribution in [0.3, 0.4) is 0 Å². The van der Waals surface area contributed by atoms with E-state index in [4.69, 9.17) is 4.42 Å². The van der Waals surface area contributed by atoms with Crippen molar-refractivity contribution in [2.24, 2.45) is 0 Å². The number of carbonyl (C=O) groups is 1. The van der Waals surface area contributed by atoms with E-state index in [9.17, 15) is 20.2 Å². The normalized spacial score (nSPS) is 11.1. The lowest BCUT2D eigenvalue weighted by Gasteiger charge is -2.07. The molecule has 1 aromatic carbocycles. The van der Waals surface area contributed by atoms with Crippen LogP contribution in [0.15, 0.2) is 71.0 Å². The van der Waals surface area contributed by atoms with Crippen molar-refractivity contribution in [3.05, 3.63) is 82.4 Å². The highest BCUT2D eigenvalue weighted by Gasteiger charge is 2.15. The molecule has 11 heteroatoms. The molecule has 0 fully saturated rings. The predicted molar refractivity (Wildman–Crippen MR) is 112 cm³/mol. The van der Waals surface area contributed by atoms with Gasteiger partial charge in [-0.25, -0.2) is 0 Å². The van der Waals surface area contributed by atoms with E-state index in [0.29, 0.717) is 22.1 Å². The molecule has 0 spiro atoms. The molecule has 0 radical (unpaired) electrons. The van der Waals surface area contributed by atoms with Gasteiger partial charge >= 0.3 is 0 Å². The molecule has 4 rings (SSSR count). The standard InChI is InChI=1S/C20H12N6O4S/c21-12-13(18(27)22-20-24-23-19(31-20)17-4-2-10-30-17)11-16-3-1-9-25(16)14-5-7-15(8-6-14)26(28)29/h1-11H,(H,22,24,27)/b13-11-. The lowest BCUT2D eigenvalue weighted by molar-refractivity contribution is -0.384. The summed E-state index contributed by atoms with van der Waals surface area (Å²) in [5.41, 5.74) is 1.02. The number of anilines is 1. The number of benzene rings is 1. The Morgan fingerprint density at radius 1 is 1.23 bits per heavy atom. The Kier molecular flexibility index (Phi) is 5.37. The van der Waals surface area contributed by atoms with Gasteiger partial charge in [-0.05, 0) is 42.5 Å². The van der Waals surface area contributed by atoms with Crippen molar-refractivity contribution < 1.29 is 14.1 Å². The van der Waals surface area contributed by atoms with Crippen molar-refractivity contribution in [2.75, 3.05) is 5.32 Å². The molecule has 1 N–H and O–H groups in total. The molecule has 0 saturated heterocycles. The zero-order chi connectivity index (χ0) is 21.8. The van der Waals surface area contributed by atoms with Crippen LogP contribution in [0.25, 0.3) is 22.5 Å². The first kappa shape index (κ1) is 19.7. The number of hydrogen-bond donors (Lipinski definition) is 1. The smallest absolute Gasteiger partial charge is 0.269 e. The minimum absolute atomic E-state index is 0.0314. The van der Waals surface area contributed by atoms with E-state index in [0.717, 1.165) is 11.3 Å². The molecule has 31 heavy (non-hydrogen) atoms. The second-order valence-electron chi connectivity index (χ2n) is 6.09. The van der Waals surface area contributed by atoms with Gasteiger partial charge in [0, 0.05) is 29.7 Å². The molecular formula is C20H12N6O4S. The van der Waals surface area contributed by atoms with Crippen molar-refractivity contribution in [3.8, 4) is 22.5 Å². The highest BCUT2D eigenvalue weighted by molar-refractivity contribution is 7.18. The predicted octanol–water partition coefficient (Wildman–Crippen LogP) is 4.04. The number of amides is 1. The minimum Gasteiger partial charge on any atom is -0.462 e. The second kappa shape index (κ2) is 8.44. The Morgan fingerprint density at radius 3 is 2.71 bits per heavy atom. The molecule has 0 aliphatic heterocycles. The Labute approximate surface area is 178 Å². The Hall–Kier alpha value is -4.56. The summed E-state index contributed by atoms with van der Waals surface area (Å²) in [6.07, 6.45) is 4.65. The van der Waals surface area contributed by atoms with Crippen LogP contribution in [-0.4, -0.2) is 25.6 Å². The number of nitro groups is 1. The van der Waals surface area contributed by atoms with Gasteiger partial charge in [0.15, 0.2) is 10.8 Å². The number of non-ortho nitro benzene ring substituents is 1. The van der Waals surface area contributed by atoms with Gasteiger partial charge in [-0.15, -0.1) is 10.2 Å². The van der Waals surface area contributed by atoms with E-state index < -0.39 is 10.8 Å². The quantitative estimate of drug-likeness (QED) is 0.210. The summed E-state index contributed by atoms with van der Waals surface area (Å²) < 4.78 is 6.95. The largest absolute Gasteiger partial charge is 0.462 e. The summed E-state index contributed by atoms with van der Waals surface area (Å²) >= 11 is 1.11. The first-order chi connectivity index (χ1) is 15.0. The Bertz CT molecular complexity index is 1310. The SMILES string of the molecule is N#C/C(=C/c1cccn1-c1ccc([N+](=O)[O-])cc1)C(=O)Nc1nnc(-c2ccco2)s1. The van der Waals surface area contributed by atoms with Crippen molar-refractivity contribution in [1.82, 2.24) is 14.8 Å². The van der Waals surface area contributed by atoms with Gasteiger partial charge in [0.1, 0.15) is 11.6 Å². The zero-order valence-corrected chi connectivity index (χ0v) is 16.4. The topological polar surface area (TPSA) is 140 Å². The molecule has 3 heterocycles. The van der Waals surface area contributed by atoms with Gasteiger partial charge < -0.3 is 8.98 Å². The summed E-state index contributed by atoms with van der Waals surface area (Å²) in [6, 6.07) is 14.7. The van der Waals surface area contributed by atoms with E-state index in [-0.39, 0.29) is 16.4 Å². The molecular weight excluding hydrogens is 420 g/mol. The van der Waals surface area contributed by atoms with Crippen LogP contribution in [0.1, 0.15) is 5.69 Å². The van der Waals surface area contributed by atoms with Crippen LogP contribution >= 0.6 is 11.3 Å². The zero-order valence-electron chi connectivity index (χ0n) is 15.6. The van der Waals surface area contributed by atoms with Crippen LogP contribution in [0.5, 0.6) is 0 Å². The van der Waals surface area contributed by atoms with Gasteiger partial charge in [-0.3, -0.25) is 20.2 Å². The summed E-state index contributed by atoms with van der Waals surface area (Å²) in [5.74, 6) is -0.115. The number of nitrogens with zero attached hydrogens (tertiary/aromatic N) is 5. The van der Waals surface area contributed by atoms with E-state index in [1.165, 1.54) is 24.5 Å². The molecule has 0 unspecified atom stereocenters. The van der Waals surface area contributed by atoms with Crippen molar-refractivity contribution in [2.45, 2.75) is 0 Å². The molecule has 4 aromatic rings. The maximum atomic E-state index is 12.6. The molecule has 152 valence electrons. The van der Waals surface area contributed by atoms with Gasteiger partial charge in [-0.2, -0.15) is 5.26 Å². The van der Waals surface area contributed by atoms with Crippen LogP contribution in [-0.2, 0) is 4.79 Å².